The quantitative estimate of drug-likeness (QED) is 0.221. The van der Waals surface area contributed by atoms with Crippen molar-refractivity contribution in [2.45, 2.75) is 6.92 Å². The number of hydrogen-bond donors (Lipinski definition) is 2. The third-order valence-electron chi connectivity index (χ3n) is 1.18. The van der Waals surface area contributed by atoms with Crippen LogP contribution in [0.15, 0.2) is 23.6 Å². The fourth-order valence-corrected chi connectivity index (χ4v) is 0.536. The van der Waals surface area contributed by atoms with Gasteiger partial charge in [0.05, 0.1) is 4.92 Å². The van der Waals surface area contributed by atoms with Gasteiger partial charge in [-0.3, -0.25) is 14.9 Å². The van der Waals surface area contributed by atoms with Gasteiger partial charge >= 0.3 is 11.7 Å². The molecular formula is C7H7NO6. The summed E-state index contributed by atoms with van der Waals surface area (Å²) in [6.45, 7) is 0.959. The largest absolute Gasteiger partial charge is 0.502 e. The van der Waals surface area contributed by atoms with Crippen LogP contribution in [0.2, 0.25) is 0 Å². The number of aliphatic carboxylic acids is 1. The highest BCUT2D eigenvalue weighted by molar-refractivity contribution is 5.91. The van der Waals surface area contributed by atoms with Crippen LogP contribution in [-0.2, 0) is 9.59 Å². The van der Waals surface area contributed by atoms with Crippen LogP contribution in [0.1, 0.15) is 6.92 Å². The predicted molar refractivity (Wildman–Crippen MR) is 44.1 cm³/mol. The van der Waals surface area contributed by atoms with Crippen LogP contribution in [0, 0.1) is 10.1 Å². The lowest BCUT2D eigenvalue weighted by Gasteiger charge is -1.90. The number of nitro groups is 1. The van der Waals surface area contributed by atoms with Crippen LogP contribution in [0.5, 0.6) is 0 Å². The molecule has 0 atom stereocenters. The number of rotatable bonds is 4. The molecule has 76 valence electrons. The van der Waals surface area contributed by atoms with Gasteiger partial charge in [-0.2, -0.15) is 0 Å². The summed E-state index contributed by atoms with van der Waals surface area (Å²) in [5, 5.41) is 27.0. The molecule has 14 heavy (non-hydrogen) atoms. The molecule has 0 amide bonds. The maximum atomic E-state index is 10.6. The Hall–Kier alpha value is -2.18. The Labute approximate surface area is 78.1 Å². The molecule has 7 heteroatoms. The molecule has 0 aliphatic heterocycles. The monoisotopic (exact) mass is 201 g/mol. The van der Waals surface area contributed by atoms with Gasteiger partial charge in [-0.1, -0.05) is 0 Å². The molecule has 0 bridgehead atoms. The van der Waals surface area contributed by atoms with E-state index in [1.807, 2.05) is 0 Å². The molecule has 0 saturated carbocycles. The van der Waals surface area contributed by atoms with E-state index in [1.54, 1.807) is 0 Å². The summed E-state index contributed by atoms with van der Waals surface area (Å²) in [7, 11) is 0. The van der Waals surface area contributed by atoms with Crippen molar-refractivity contribution in [3.8, 4) is 0 Å². The van der Waals surface area contributed by atoms with Gasteiger partial charge in [0, 0.05) is 13.0 Å². The molecule has 0 aromatic heterocycles. The van der Waals surface area contributed by atoms with E-state index in [9.17, 15) is 19.7 Å². The molecule has 0 rings (SSSR count). The second-order valence-corrected chi connectivity index (χ2v) is 2.22. The average molecular weight is 201 g/mol. The summed E-state index contributed by atoms with van der Waals surface area (Å²) in [6, 6.07) is 0. The lowest BCUT2D eigenvalue weighted by atomic mass is 10.3. The minimum Gasteiger partial charge on any atom is -0.502 e. The van der Waals surface area contributed by atoms with Crippen molar-refractivity contribution in [3.63, 3.8) is 0 Å². The van der Waals surface area contributed by atoms with Gasteiger partial charge in [-0.05, 0) is 6.08 Å². The molecular weight excluding hydrogens is 194 g/mol. The normalized spacial score (nSPS) is 12.4. The molecule has 7 nitrogen and oxygen atoms in total. The Morgan fingerprint density at radius 1 is 1.29 bits per heavy atom. The number of carboxylic acids is 1. The Morgan fingerprint density at radius 2 is 1.79 bits per heavy atom. The topological polar surface area (TPSA) is 118 Å². The number of carbonyl (C=O) groups is 2. The van der Waals surface area contributed by atoms with Crippen molar-refractivity contribution in [1.82, 2.24) is 0 Å². The summed E-state index contributed by atoms with van der Waals surface area (Å²) in [5.41, 5.74) is -0.794. The number of carboxylic acid groups (broad SMARTS) is 1. The Bertz CT molecular complexity index is 324. The van der Waals surface area contributed by atoms with E-state index in [-0.39, 0.29) is 0 Å². The van der Waals surface area contributed by atoms with Crippen molar-refractivity contribution in [2.75, 3.05) is 0 Å². The van der Waals surface area contributed by atoms with E-state index in [4.69, 9.17) is 10.2 Å². The average Bonchev–Trinajstić information content (AvgIpc) is 2.02. The standard InChI is InChI=1S/C7H7NO6/c1-4(9)5(8(13)14)2-3-6(10)7(11)12/h2-3,10H,1H3,(H,11,12). The summed E-state index contributed by atoms with van der Waals surface area (Å²) >= 11 is 0. The van der Waals surface area contributed by atoms with E-state index in [2.05, 4.69) is 0 Å². The Morgan fingerprint density at radius 3 is 2.07 bits per heavy atom. The molecule has 0 fully saturated rings. The molecule has 0 spiro atoms. The van der Waals surface area contributed by atoms with E-state index in [0.29, 0.717) is 12.2 Å². The molecule has 0 heterocycles. The summed E-state index contributed by atoms with van der Waals surface area (Å²) in [5.74, 6) is -3.54. The zero-order valence-electron chi connectivity index (χ0n) is 7.13. The number of aliphatic hydroxyl groups is 1. The van der Waals surface area contributed by atoms with Crippen LogP contribution < -0.4 is 0 Å². The first-order valence-corrected chi connectivity index (χ1v) is 3.35. The smallest absolute Gasteiger partial charge is 0.370 e. The van der Waals surface area contributed by atoms with Gasteiger partial charge in [0.2, 0.25) is 11.5 Å². The minimum absolute atomic E-state index is 0.571. The fraction of sp³-hybridized carbons (Fsp3) is 0.143. The number of carbonyl (C=O) groups excluding carboxylic acids is 1. The van der Waals surface area contributed by atoms with Crippen LogP contribution in [-0.4, -0.2) is 26.9 Å². The number of ketones is 1. The number of allylic oxidation sites excluding steroid dienone is 3. The molecule has 0 radical (unpaired) electrons. The number of aliphatic hydroxyl groups excluding tert-OH is 1. The van der Waals surface area contributed by atoms with E-state index in [0.717, 1.165) is 6.92 Å². The van der Waals surface area contributed by atoms with Gasteiger partial charge in [-0.15, -0.1) is 0 Å². The molecule has 2 N–H and O–H groups in total. The van der Waals surface area contributed by atoms with Crippen molar-refractivity contribution in [3.05, 3.63) is 33.7 Å². The lowest BCUT2D eigenvalue weighted by Crippen LogP contribution is -2.07. The first-order chi connectivity index (χ1) is 6.36. The molecule has 0 aliphatic carbocycles. The predicted octanol–water partition coefficient (Wildman–Crippen LogP) is 0.262. The molecule has 0 unspecified atom stereocenters. The van der Waals surface area contributed by atoms with Crippen molar-refractivity contribution in [1.29, 1.82) is 0 Å². The SMILES string of the molecule is CC(=O)C(=CC=C(O)C(=O)O)[N+](=O)[O-]. The van der Waals surface area contributed by atoms with Crippen molar-refractivity contribution < 1.29 is 24.7 Å². The van der Waals surface area contributed by atoms with Gasteiger partial charge in [0.1, 0.15) is 0 Å². The molecule has 0 aromatic carbocycles. The van der Waals surface area contributed by atoms with Gasteiger partial charge in [0.25, 0.3) is 0 Å². The molecule has 0 aliphatic rings. The number of nitrogens with zero attached hydrogens (tertiary/aromatic N) is 1. The van der Waals surface area contributed by atoms with Crippen LogP contribution in [0.4, 0.5) is 0 Å². The molecule has 0 aromatic rings. The zero-order valence-corrected chi connectivity index (χ0v) is 7.13. The van der Waals surface area contributed by atoms with Crippen molar-refractivity contribution in [2.24, 2.45) is 0 Å². The van der Waals surface area contributed by atoms with E-state index < -0.39 is 28.1 Å². The maximum Gasteiger partial charge on any atom is 0.370 e. The van der Waals surface area contributed by atoms with E-state index in [1.165, 1.54) is 0 Å². The van der Waals surface area contributed by atoms with Gasteiger partial charge < -0.3 is 10.2 Å². The van der Waals surface area contributed by atoms with Crippen LogP contribution >= 0.6 is 0 Å². The molecule has 0 saturated heterocycles. The van der Waals surface area contributed by atoms with Crippen LogP contribution in [0.3, 0.4) is 0 Å². The van der Waals surface area contributed by atoms with E-state index >= 15 is 0 Å². The highest BCUT2D eigenvalue weighted by atomic mass is 16.6. The lowest BCUT2D eigenvalue weighted by molar-refractivity contribution is -0.418. The first-order valence-electron chi connectivity index (χ1n) is 3.35. The number of Topliss-reactive ketones (excluding diaryl/α,β-unsaturated/α-hetero) is 1. The minimum atomic E-state index is -1.63. The zero-order chi connectivity index (χ0) is 11.3. The highest BCUT2D eigenvalue weighted by Crippen LogP contribution is 1.99. The Kier molecular flexibility index (Phi) is 4.01. The Balaban J connectivity index is 4.96. The summed E-state index contributed by atoms with van der Waals surface area (Å²) in [6.07, 6.45) is 1.20. The van der Waals surface area contributed by atoms with Gasteiger partial charge in [-0.25, -0.2) is 4.79 Å². The maximum absolute atomic E-state index is 10.6. The summed E-state index contributed by atoms with van der Waals surface area (Å²) < 4.78 is 0. The van der Waals surface area contributed by atoms with Crippen LogP contribution in [0.25, 0.3) is 0 Å². The van der Waals surface area contributed by atoms with Crippen molar-refractivity contribution >= 4 is 11.8 Å². The fourth-order valence-electron chi connectivity index (χ4n) is 0.536. The highest BCUT2D eigenvalue weighted by Gasteiger charge is 2.15. The first kappa shape index (κ1) is 11.8. The second-order valence-electron chi connectivity index (χ2n) is 2.22. The second kappa shape index (κ2) is 4.75. The third kappa shape index (κ3) is 3.48. The third-order valence-corrected chi connectivity index (χ3v) is 1.18. The van der Waals surface area contributed by atoms with Gasteiger partial charge in [0.15, 0.2) is 0 Å². The summed E-state index contributed by atoms with van der Waals surface area (Å²) in [4.78, 5) is 29.9. The number of hydrogen-bond acceptors (Lipinski definition) is 5.